The van der Waals surface area contributed by atoms with E-state index in [1.807, 2.05) is 12.1 Å². The maximum atomic E-state index is 9.67. The molecule has 0 radical (unpaired) electrons. The first-order valence-corrected chi connectivity index (χ1v) is 23.4. The van der Waals surface area contributed by atoms with Gasteiger partial charge in [0.15, 0.2) is 11.5 Å². The molecule has 0 saturated heterocycles. The van der Waals surface area contributed by atoms with Crippen molar-refractivity contribution < 1.29 is 14.6 Å². The fraction of sp³-hybridized carbons (Fsp3) is 0.750. The molecule has 0 amide bonds. The first-order valence-electron chi connectivity index (χ1n) is 22.6. The van der Waals surface area contributed by atoms with Crippen LogP contribution in [0.2, 0.25) is 0 Å². The van der Waals surface area contributed by atoms with Crippen molar-refractivity contribution in [2.45, 2.75) is 229 Å². The van der Waals surface area contributed by atoms with Crippen LogP contribution in [-0.4, -0.2) is 18.3 Å². The third-order valence-corrected chi connectivity index (χ3v) is 11.5. The van der Waals surface area contributed by atoms with Gasteiger partial charge >= 0.3 is 0 Å². The number of phenolic OH excluding ortho intramolecular Hbond substituents is 1. The number of rotatable bonds is 38. The number of benzene rings is 2. The lowest BCUT2D eigenvalue weighted by molar-refractivity contribution is 0.257. The van der Waals surface area contributed by atoms with Gasteiger partial charge in [0.05, 0.1) is 13.2 Å². The highest BCUT2D eigenvalue weighted by atomic mass is 32.2. The van der Waals surface area contributed by atoms with Gasteiger partial charge in [0, 0.05) is 9.79 Å². The van der Waals surface area contributed by atoms with E-state index < -0.39 is 0 Å². The van der Waals surface area contributed by atoms with Crippen molar-refractivity contribution in [3.8, 4) is 17.2 Å². The summed E-state index contributed by atoms with van der Waals surface area (Å²) in [5, 5.41) is 9.67. The Balaban J connectivity index is 1.56. The van der Waals surface area contributed by atoms with E-state index in [2.05, 4.69) is 32.0 Å². The van der Waals surface area contributed by atoms with Gasteiger partial charge in [-0.05, 0) is 55.3 Å². The van der Waals surface area contributed by atoms with Gasteiger partial charge in [0.25, 0.3) is 0 Å². The van der Waals surface area contributed by atoms with Gasteiger partial charge in [-0.3, -0.25) is 0 Å². The number of hydrogen-bond acceptors (Lipinski definition) is 4. The zero-order valence-electron chi connectivity index (χ0n) is 34.3. The summed E-state index contributed by atoms with van der Waals surface area (Å²) in [5.74, 6) is 2.03. The van der Waals surface area contributed by atoms with Crippen LogP contribution >= 0.6 is 11.8 Å². The van der Waals surface area contributed by atoms with E-state index >= 15 is 0 Å². The van der Waals surface area contributed by atoms with Crippen LogP contribution in [0.25, 0.3) is 0 Å². The van der Waals surface area contributed by atoms with Crippen molar-refractivity contribution >= 4 is 11.8 Å². The van der Waals surface area contributed by atoms with E-state index in [0.717, 1.165) is 47.3 Å². The molecule has 0 aliphatic rings. The zero-order chi connectivity index (χ0) is 37.0. The highest BCUT2D eigenvalue weighted by Crippen LogP contribution is 2.36. The van der Waals surface area contributed by atoms with Crippen molar-refractivity contribution in [1.82, 2.24) is 0 Å². The highest BCUT2D eigenvalue weighted by molar-refractivity contribution is 7.99. The highest BCUT2D eigenvalue weighted by Gasteiger charge is 2.09. The fourth-order valence-corrected chi connectivity index (χ4v) is 7.95. The Hall–Kier alpha value is -1.81. The minimum absolute atomic E-state index is 0.296. The summed E-state index contributed by atoms with van der Waals surface area (Å²) >= 11 is 1.69. The molecule has 3 nitrogen and oxygen atoms in total. The molecule has 0 aliphatic heterocycles. The van der Waals surface area contributed by atoms with E-state index in [4.69, 9.17) is 9.47 Å². The van der Waals surface area contributed by atoms with Gasteiger partial charge in [-0.1, -0.05) is 218 Å². The van der Waals surface area contributed by atoms with E-state index in [1.54, 1.807) is 23.9 Å². The first-order chi connectivity index (χ1) is 25.7. The van der Waals surface area contributed by atoms with E-state index in [-0.39, 0.29) is 0 Å². The zero-order valence-corrected chi connectivity index (χ0v) is 35.1. The molecule has 52 heavy (non-hydrogen) atoms. The molecular weight excluding hydrogens is 657 g/mol. The number of hydrogen-bond donors (Lipinski definition) is 1. The smallest absolute Gasteiger partial charge is 0.162 e. The monoisotopic (exact) mass is 739 g/mol. The van der Waals surface area contributed by atoms with Crippen LogP contribution < -0.4 is 9.47 Å². The molecule has 298 valence electrons. The summed E-state index contributed by atoms with van der Waals surface area (Å²) < 4.78 is 12.7. The van der Waals surface area contributed by atoms with Crippen LogP contribution in [0, 0.1) is 0 Å². The standard InChI is InChI=1S/C48H82O3S/c1-3-5-7-9-11-13-15-17-19-21-23-25-27-29-31-33-41-50-47-40-39-46(52-45-37-35-44(49)36-38-45)43-48(47)51-42-34-32-30-28-26-24-22-20-18-16-14-12-10-8-6-4-2/h35-40,43,49H,3-34,41-42H2,1-2H3. The maximum Gasteiger partial charge on any atom is 0.162 e. The molecule has 2 aromatic rings. The van der Waals surface area contributed by atoms with Crippen molar-refractivity contribution in [3.63, 3.8) is 0 Å². The molecule has 0 aromatic heterocycles. The summed E-state index contributed by atoms with van der Waals surface area (Å²) in [6.45, 7) is 6.08. The van der Waals surface area contributed by atoms with Crippen LogP contribution in [-0.2, 0) is 0 Å². The van der Waals surface area contributed by atoms with Gasteiger partial charge in [-0.2, -0.15) is 0 Å². The fourth-order valence-electron chi connectivity index (χ4n) is 7.10. The largest absolute Gasteiger partial charge is 0.508 e. The lowest BCUT2D eigenvalue weighted by Gasteiger charge is -2.14. The lowest BCUT2D eigenvalue weighted by atomic mass is 10.0. The molecule has 0 bridgehead atoms. The van der Waals surface area contributed by atoms with Crippen LogP contribution in [0.4, 0.5) is 0 Å². The SMILES string of the molecule is CCCCCCCCCCCCCCCCCCOc1ccc(Sc2ccc(O)cc2)cc1OCCCCCCCCCCCCCCCCCC. The Morgan fingerprint density at radius 2 is 0.673 bits per heavy atom. The summed E-state index contributed by atoms with van der Waals surface area (Å²) in [5.41, 5.74) is 0. The minimum atomic E-state index is 0.296. The predicted molar refractivity (Wildman–Crippen MR) is 229 cm³/mol. The van der Waals surface area contributed by atoms with Gasteiger partial charge in [0.1, 0.15) is 5.75 Å². The maximum absolute atomic E-state index is 9.67. The van der Waals surface area contributed by atoms with Crippen molar-refractivity contribution in [2.75, 3.05) is 13.2 Å². The van der Waals surface area contributed by atoms with Crippen molar-refractivity contribution in [2.24, 2.45) is 0 Å². The molecule has 2 aromatic carbocycles. The minimum Gasteiger partial charge on any atom is -0.508 e. The average molecular weight is 739 g/mol. The molecule has 0 heterocycles. The second-order valence-corrected chi connectivity index (χ2v) is 16.7. The normalized spacial score (nSPS) is 11.3. The molecule has 0 saturated carbocycles. The average Bonchev–Trinajstić information content (AvgIpc) is 3.15. The molecule has 0 fully saturated rings. The Morgan fingerprint density at radius 3 is 1.04 bits per heavy atom. The topological polar surface area (TPSA) is 38.7 Å². The third-order valence-electron chi connectivity index (χ3n) is 10.5. The number of aromatic hydroxyl groups is 1. The second-order valence-electron chi connectivity index (χ2n) is 15.5. The number of phenols is 1. The van der Waals surface area contributed by atoms with E-state index in [0.29, 0.717) is 5.75 Å². The van der Waals surface area contributed by atoms with E-state index in [9.17, 15) is 5.11 Å². The van der Waals surface area contributed by atoms with Gasteiger partial charge in [-0.25, -0.2) is 0 Å². The van der Waals surface area contributed by atoms with Crippen LogP contribution in [0.3, 0.4) is 0 Å². The number of unbranched alkanes of at least 4 members (excludes halogenated alkanes) is 30. The predicted octanol–water partition coefficient (Wildman–Crippen LogP) is 16.8. The molecule has 2 rings (SSSR count). The molecule has 1 N–H and O–H groups in total. The summed E-state index contributed by atoms with van der Waals surface area (Å²) in [4.78, 5) is 2.23. The molecule has 0 atom stereocenters. The van der Waals surface area contributed by atoms with Crippen molar-refractivity contribution in [3.05, 3.63) is 42.5 Å². The van der Waals surface area contributed by atoms with Crippen LogP contribution in [0.1, 0.15) is 219 Å². The molecule has 0 unspecified atom stereocenters. The number of ether oxygens (including phenoxy) is 2. The Kier molecular flexibility index (Phi) is 31.1. The summed E-state index contributed by atoms with van der Waals surface area (Å²) in [7, 11) is 0. The van der Waals surface area contributed by atoms with Gasteiger partial charge in [-0.15, -0.1) is 0 Å². The summed E-state index contributed by atoms with van der Waals surface area (Å²) in [6.07, 6.45) is 44.1. The molecular formula is C48H82O3S. The Bertz CT molecular complexity index is 1040. The second kappa shape index (κ2) is 34.9. The summed E-state index contributed by atoms with van der Waals surface area (Å²) in [6, 6.07) is 13.7. The quantitative estimate of drug-likeness (QED) is 0.0696. The van der Waals surface area contributed by atoms with Crippen molar-refractivity contribution in [1.29, 1.82) is 0 Å². The van der Waals surface area contributed by atoms with E-state index in [1.165, 1.54) is 193 Å². The lowest BCUT2D eigenvalue weighted by Crippen LogP contribution is -2.03. The first kappa shape index (κ1) is 46.3. The van der Waals surface area contributed by atoms with Gasteiger partial charge in [0.2, 0.25) is 0 Å². The molecule has 0 spiro atoms. The van der Waals surface area contributed by atoms with Crippen LogP contribution in [0.15, 0.2) is 52.3 Å². The third kappa shape index (κ3) is 26.9. The van der Waals surface area contributed by atoms with Gasteiger partial charge < -0.3 is 14.6 Å². The molecule has 0 aliphatic carbocycles. The Morgan fingerprint density at radius 1 is 0.365 bits per heavy atom. The molecule has 4 heteroatoms. The Labute approximate surface area is 327 Å². The van der Waals surface area contributed by atoms with Crippen LogP contribution in [0.5, 0.6) is 17.2 Å².